The molecule has 3 aromatic heterocycles. The fourth-order valence-electron chi connectivity index (χ4n) is 9.71. The Bertz CT molecular complexity index is 3640. The molecule has 67 heavy (non-hydrogen) atoms. The zero-order valence-corrected chi connectivity index (χ0v) is 38.8. The molecule has 0 spiro atoms. The zero-order chi connectivity index (χ0) is 46.0. The van der Waals surface area contributed by atoms with Crippen molar-refractivity contribution < 1.29 is 5.11 Å². The van der Waals surface area contributed by atoms with Crippen LogP contribution in [0.2, 0.25) is 0 Å². The van der Waals surface area contributed by atoms with Crippen LogP contribution in [0, 0.1) is 0 Å². The summed E-state index contributed by atoms with van der Waals surface area (Å²) in [6.07, 6.45) is 2.02. The van der Waals surface area contributed by atoms with Crippen molar-refractivity contribution in [2.24, 2.45) is 0 Å². The molecule has 0 aliphatic heterocycles. The number of nitrogens with zero attached hydrogens (tertiary/aromatic N) is 4. The van der Waals surface area contributed by atoms with Gasteiger partial charge in [0.05, 0.1) is 45.2 Å². The first-order valence-electron chi connectivity index (χ1n) is 23.1. The summed E-state index contributed by atoms with van der Waals surface area (Å²) in [5.41, 5.74) is 16.5. The molecule has 5 heteroatoms. The Labute approximate surface area is 392 Å². The number of benzene rings is 8. The molecule has 3 heterocycles. The van der Waals surface area contributed by atoms with Crippen LogP contribution in [0.3, 0.4) is 0 Å². The molecular weight excluding hydrogens is 817 g/mol. The second kappa shape index (κ2) is 16.1. The van der Waals surface area contributed by atoms with Crippen molar-refractivity contribution in [2.45, 2.75) is 52.4 Å². The predicted molar refractivity (Wildman–Crippen MR) is 279 cm³/mol. The van der Waals surface area contributed by atoms with Crippen molar-refractivity contribution in [3.63, 3.8) is 0 Å². The molecule has 0 radical (unpaired) electrons. The molecule has 0 aliphatic carbocycles. The van der Waals surface area contributed by atoms with Gasteiger partial charge in [-0.25, -0.2) is 4.98 Å². The Morgan fingerprint density at radius 1 is 0.433 bits per heavy atom. The Kier molecular flexibility index (Phi) is 10.0. The number of aromatic nitrogens is 4. The number of hydrogen-bond acceptors (Lipinski definition) is 3. The molecule has 0 bridgehead atoms. The molecule has 11 aromatic rings. The third-order valence-corrected chi connectivity index (χ3v) is 13.2. The van der Waals surface area contributed by atoms with E-state index in [1.54, 1.807) is 0 Å². The summed E-state index contributed by atoms with van der Waals surface area (Å²) in [5, 5.41) is 14.8. The van der Waals surface area contributed by atoms with Gasteiger partial charge in [-0.3, -0.25) is 9.55 Å². The minimum absolute atomic E-state index is 0.186. The van der Waals surface area contributed by atoms with Gasteiger partial charge in [0, 0.05) is 38.7 Å². The van der Waals surface area contributed by atoms with Gasteiger partial charge in [0.2, 0.25) is 0 Å². The van der Waals surface area contributed by atoms with E-state index < -0.39 is 0 Å². The highest BCUT2D eigenvalue weighted by atomic mass is 16.3. The van der Waals surface area contributed by atoms with Crippen LogP contribution < -0.4 is 0 Å². The molecule has 0 amide bonds. The summed E-state index contributed by atoms with van der Waals surface area (Å²) < 4.78 is 4.56. The van der Waals surface area contributed by atoms with E-state index in [0.717, 1.165) is 94.6 Å². The number of aromatic hydroxyl groups is 1. The second-order valence-corrected chi connectivity index (χ2v) is 19.7. The van der Waals surface area contributed by atoms with Gasteiger partial charge in [0.15, 0.2) is 0 Å². The average molecular weight is 869 g/mol. The Morgan fingerprint density at radius 3 is 1.78 bits per heavy atom. The fraction of sp³-hybridized carbons (Fsp3) is 0.129. The SMILES string of the molecule is CC(C)(C)c1cc(-c2nc3c(-c4cc(-c5ccccc5)cc(-c5cc6c7ccccc7n(-c7ccccc7)c6cn5)c4)cccc3n2-c2ccccc2-c2ccccc2)c(O)c(C(C)(C)C)c1. The van der Waals surface area contributed by atoms with Crippen LogP contribution in [-0.4, -0.2) is 24.2 Å². The summed E-state index contributed by atoms with van der Waals surface area (Å²) in [7, 11) is 0. The van der Waals surface area contributed by atoms with Crippen molar-refractivity contribution >= 4 is 32.8 Å². The summed E-state index contributed by atoms with van der Waals surface area (Å²) in [5.74, 6) is 0.931. The lowest BCUT2D eigenvalue weighted by Gasteiger charge is -2.27. The van der Waals surface area contributed by atoms with Gasteiger partial charge < -0.3 is 9.67 Å². The van der Waals surface area contributed by atoms with E-state index in [9.17, 15) is 5.11 Å². The number of fused-ring (bicyclic) bond motifs is 4. The van der Waals surface area contributed by atoms with Gasteiger partial charge in [-0.2, -0.15) is 0 Å². The van der Waals surface area contributed by atoms with Gasteiger partial charge in [-0.05, 0) is 99.3 Å². The minimum Gasteiger partial charge on any atom is -0.507 e. The van der Waals surface area contributed by atoms with Crippen molar-refractivity contribution in [2.75, 3.05) is 0 Å². The Hall–Kier alpha value is -8.02. The lowest BCUT2D eigenvalue weighted by molar-refractivity contribution is 0.446. The quantitative estimate of drug-likeness (QED) is 0.174. The lowest BCUT2D eigenvalue weighted by atomic mass is 9.79. The molecule has 0 aliphatic rings. The maximum Gasteiger partial charge on any atom is 0.149 e. The number of hydrogen-bond donors (Lipinski definition) is 1. The number of pyridine rings is 1. The van der Waals surface area contributed by atoms with E-state index in [2.05, 4.69) is 245 Å². The molecule has 0 saturated carbocycles. The van der Waals surface area contributed by atoms with E-state index in [1.165, 1.54) is 5.39 Å². The van der Waals surface area contributed by atoms with Crippen LogP contribution in [0.1, 0.15) is 52.7 Å². The number of rotatable bonds is 7. The third kappa shape index (κ3) is 7.37. The summed E-state index contributed by atoms with van der Waals surface area (Å²) >= 11 is 0. The molecule has 11 rings (SSSR count). The zero-order valence-electron chi connectivity index (χ0n) is 38.8. The molecule has 0 saturated heterocycles. The van der Waals surface area contributed by atoms with Gasteiger partial charge in [0.1, 0.15) is 11.6 Å². The second-order valence-electron chi connectivity index (χ2n) is 19.7. The normalized spacial score (nSPS) is 12.1. The van der Waals surface area contributed by atoms with Gasteiger partial charge >= 0.3 is 0 Å². The van der Waals surface area contributed by atoms with Crippen LogP contribution in [0.25, 0.3) is 100 Å². The molecular formula is C62H52N4O. The standard InChI is InChI=1S/C62H52N4O/c1-61(2,3)45-36-51(59(67)52(37-45)62(4,5)6)60-64-58-48(29-20-32-56(58)66(60)54-30-18-16-27-47(54)41-23-12-8-13-24-41)43-33-42(40-21-10-7-11-22-40)34-44(35-43)53-38-50-49-28-17-19-31-55(49)65(57(50)39-63-53)46-25-14-9-15-26-46/h7-39,67H,1-6H3. The van der Waals surface area contributed by atoms with Gasteiger partial charge in [-0.1, -0.05) is 175 Å². The molecule has 0 unspecified atom stereocenters. The molecule has 0 fully saturated rings. The first-order valence-corrected chi connectivity index (χ1v) is 23.1. The molecule has 1 N–H and O–H groups in total. The van der Waals surface area contributed by atoms with Crippen LogP contribution in [0.4, 0.5) is 0 Å². The van der Waals surface area contributed by atoms with E-state index in [0.29, 0.717) is 11.4 Å². The van der Waals surface area contributed by atoms with Crippen LogP contribution in [0.5, 0.6) is 5.75 Å². The third-order valence-electron chi connectivity index (χ3n) is 13.2. The Balaban J connectivity index is 1.19. The van der Waals surface area contributed by atoms with Gasteiger partial charge in [0.25, 0.3) is 0 Å². The highest BCUT2D eigenvalue weighted by Gasteiger charge is 2.29. The number of phenolic OH excluding ortho intramolecular Hbond substituents is 1. The lowest BCUT2D eigenvalue weighted by Crippen LogP contribution is -2.17. The average Bonchev–Trinajstić information content (AvgIpc) is 3.90. The summed E-state index contributed by atoms with van der Waals surface area (Å²) in [6.45, 7) is 13.2. The van der Waals surface area contributed by atoms with Crippen molar-refractivity contribution in [1.29, 1.82) is 0 Å². The molecule has 326 valence electrons. The predicted octanol–water partition coefficient (Wildman–Crippen LogP) is 16.2. The summed E-state index contributed by atoms with van der Waals surface area (Å²) in [6, 6.07) is 68.6. The van der Waals surface area contributed by atoms with Crippen molar-refractivity contribution in [1.82, 2.24) is 19.1 Å². The van der Waals surface area contributed by atoms with Gasteiger partial charge in [-0.15, -0.1) is 0 Å². The fourth-order valence-corrected chi connectivity index (χ4v) is 9.71. The minimum atomic E-state index is -0.328. The molecule has 8 aromatic carbocycles. The highest BCUT2D eigenvalue weighted by molar-refractivity contribution is 6.10. The number of phenols is 1. The number of imidazole rings is 1. The first-order chi connectivity index (χ1) is 32.4. The monoisotopic (exact) mass is 868 g/mol. The van der Waals surface area contributed by atoms with E-state index in [1.807, 2.05) is 6.20 Å². The number of para-hydroxylation sites is 4. The molecule has 5 nitrogen and oxygen atoms in total. The van der Waals surface area contributed by atoms with Crippen molar-refractivity contribution in [3.8, 4) is 73.2 Å². The first kappa shape index (κ1) is 41.7. The highest BCUT2D eigenvalue weighted by Crippen LogP contribution is 2.46. The van der Waals surface area contributed by atoms with Crippen molar-refractivity contribution in [3.05, 3.63) is 211 Å². The molecule has 0 atom stereocenters. The smallest absolute Gasteiger partial charge is 0.149 e. The van der Waals surface area contributed by atoms with E-state index >= 15 is 0 Å². The van der Waals surface area contributed by atoms with Crippen LogP contribution >= 0.6 is 0 Å². The van der Waals surface area contributed by atoms with E-state index in [-0.39, 0.29) is 16.6 Å². The maximum atomic E-state index is 12.5. The summed E-state index contributed by atoms with van der Waals surface area (Å²) in [4.78, 5) is 10.9. The topological polar surface area (TPSA) is 55.9 Å². The maximum absolute atomic E-state index is 12.5. The van der Waals surface area contributed by atoms with Crippen LogP contribution in [0.15, 0.2) is 200 Å². The van der Waals surface area contributed by atoms with E-state index in [4.69, 9.17) is 9.97 Å². The van der Waals surface area contributed by atoms with Crippen LogP contribution in [-0.2, 0) is 10.8 Å². The Morgan fingerprint density at radius 2 is 1.04 bits per heavy atom. The largest absolute Gasteiger partial charge is 0.507 e.